The fraction of sp³-hybridized carbons (Fsp3) is 0.562. The molecule has 104 valence electrons. The lowest BCUT2D eigenvalue weighted by molar-refractivity contribution is 0.0796. The average Bonchev–Trinajstić information content (AvgIpc) is 2.77. The molecule has 1 aliphatic heterocycles. The summed E-state index contributed by atoms with van der Waals surface area (Å²) >= 11 is 0. The number of benzene rings is 1. The molecule has 1 aromatic rings. The third kappa shape index (κ3) is 2.57. The number of carbonyl (C=O) groups excluding carboxylic acids is 1. The molecular weight excluding hydrogens is 241 g/mol. The van der Waals surface area contributed by atoms with Gasteiger partial charge in [-0.15, -0.1) is 0 Å². The van der Waals surface area contributed by atoms with Gasteiger partial charge >= 0.3 is 0 Å². The van der Waals surface area contributed by atoms with Gasteiger partial charge in [-0.25, -0.2) is 4.39 Å². The van der Waals surface area contributed by atoms with Crippen LogP contribution in [-0.2, 0) is 0 Å². The summed E-state index contributed by atoms with van der Waals surface area (Å²) in [5.74, 6) is -0.390. The van der Waals surface area contributed by atoms with E-state index in [9.17, 15) is 9.18 Å². The van der Waals surface area contributed by atoms with Gasteiger partial charge in [0.15, 0.2) is 5.78 Å². The largest absolute Gasteiger partial charge is 0.316 e. The highest BCUT2D eigenvalue weighted by Gasteiger charge is 2.41. The summed E-state index contributed by atoms with van der Waals surface area (Å²) < 4.78 is 14.2. The van der Waals surface area contributed by atoms with Crippen molar-refractivity contribution in [3.8, 4) is 0 Å². The summed E-state index contributed by atoms with van der Waals surface area (Å²) in [7, 11) is 0. The highest BCUT2D eigenvalue weighted by Crippen LogP contribution is 2.36. The van der Waals surface area contributed by atoms with Crippen molar-refractivity contribution < 1.29 is 9.18 Å². The molecule has 0 amide bonds. The summed E-state index contributed by atoms with van der Waals surface area (Å²) in [4.78, 5) is 12.8. The van der Waals surface area contributed by atoms with Crippen molar-refractivity contribution in [3.63, 3.8) is 0 Å². The van der Waals surface area contributed by atoms with E-state index < -0.39 is 5.41 Å². The molecule has 3 heteroatoms. The highest BCUT2D eigenvalue weighted by molar-refractivity contribution is 6.02. The summed E-state index contributed by atoms with van der Waals surface area (Å²) in [6.07, 6.45) is 2.58. The normalized spacial score (nSPS) is 22.7. The van der Waals surface area contributed by atoms with Crippen LogP contribution in [0.2, 0.25) is 0 Å². The number of hydrogen-bond donors (Lipinski definition) is 1. The number of rotatable bonds is 4. The minimum Gasteiger partial charge on any atom is -0.316 e. The van der Waals surface area contributed by atoms with Crippen LogP contribution in [0.15, 0.2) is 12.1 Å². The van der Waals surface area contributed by atoms with Gasteiger partial charge in [-0.3, -0.25) is 4.79 Å². The van der Waals surface area contributed by atoms with E-state index in [1.165, 1.54) is 6.07 Å². The van der Waals surface area contributed by atoms with Crippen molar-refractivity contribution >= 4 is 5.78 Å². The first kappa shape index (κ1) is 14.2. The molecule has 1 N–H and O–H groups in total. The second-order valence-corrected chi connectivity index (χ2v) is 5.72. The molecule has 1 aromatic carbocycles. The molecule has 0 spiro atoms. The molecule has 0 aliphatic carbocycles. The van der Waals surface area contributed by atoms with E-state index in [0.717, 1.165) is 36.9 Å². The third-order valence-electron chi connectivity index (χ3n) is 4.11. The average molecular weight is 263 g/mol. The summed E-state index contributed by atoms with van der Waals surface area (Å²) in [6, 6.07) is 3.35. The molecule has 1 aliphatic rings. The molecule has 2 nitrogen and oxygen atoms in total. The van der Waals surface area contributed by atoms with Crippen molar-refractivity contribution in [2.45, 2.75) is 40.0 Å². The molecule has 1 atom stereocenters. The van der Waals surface area contributed by atoms with E-state index in [0.29, 0.717) is 12.1 Å². The summed E-state index contributed by atoms with van der Waals surface area (Å²) in [5.41, 5.74) is 1.50. The van der Waals surface area contributed by atoms with Gasteiger partial charge in [0.2, 0.25) is 0 Å². The molecule has 1 unspecified atom stereocenters. The van der Waals surface area contributed by atoms with Gasteiger partial charge in [-0.1, -0.05) is 19.4 Å². The molecule has 0 bridgehead atoms. The van der Waals surface area contributed by atoms with Gasteiger partial charge in [-0.05, 0) is 50.4 Å². The Labute approximate surface area is 114 Å². The maximum absolute atomic E-state index is 14.2. The molecule has 2 rings (SSSR count). The Morgan fingerprint density at radius 3 is 2.68 bits per heavy atom. The molecule has 1 heterocycles. The summed E-state index contributed by atoms with van der Waals surface area (Å²) in [6.45, 7) is 7.27. The zero-order valence-electron chi connectivity index (χ0n) is 12.0. The number of hydrogen-bond acceptors (Lipinski definition) is 2. The first-order chi connectivity index (χ1) is 9.00. The van der Waals surface area contributed by atoms with E-state index in [1.54, 1.807) is 0 Å². The maximum atomic E-state index is 14.2. The second-order valence-electron chi connectivity index (χ2n) is 5.72. The topological polar surface area (TPSA) is 29.1 Å². The molecule has 0 aromatic heterocycles. The fourth-order valence-electron chi connectivity index (χ4n) is 3.21. The van der Waals surface area contributed by atoms with E-state index in [1.807, 2.05) is 19.9 Å². The number of Topliss-reactive ketones (excluding diaryl/α,β-unsaturated/α-hetero) is 1. The first-order valence-electron chi connectivity index (χ1n) is 7.02. The predicted molar refractivity (Wildman–Crippen MR) is 75.0 cm³/mol. The lowest BCUT2D eigenvalue weighted by Crippen LogP contribution is -2.34. The van der Waals surface area contributed by atoms with Crippen LogP contribution in [0.4, 0.5) is 4.39 Å². The van der Waals surface area contributed by atoms with Gasteiger partial charge in [0.25, 0.3) is 0 Å². The van der Waals surface area contributed by atoms with Crippen LogP contribution in [-0.4, -0.2) is 18.9 Å². The first-order valence-corrected chi connectivity index (χ1v) is 7.02. The lowest BCUT2D eigenvalue weighted by atomic mass is 9.75. The minimum atomic E-state index is -0.407. The maximum Gasteiger partial charge on any atom is 0.173 e. The van der Waals surface area contributed by atoms with Crippen molar-refractivity contribution in [3.05, 3.63) is 34.6 Å². The number of halogens is 1. The van der Waals surface area contributed by atoms with E-state index in [-0.39, 0.29) is 11.6 Å². The second kappa shape index (κ2) is 5.41. The van der Waals surface area contributed by atoms with Crippen LogP contribution >= 0.6 is 0 Å². The fourth-order valence-corrected chi connectivity index (χ4v) is 3.21. The minimum absolute atomic E-state index is 0.0191. The van der Waals surface area contributed by atoms with Gasteiger partial charge in [0, 0.05) is 12.0 Å². The van der Waals surface area contributed by atoms with Gasteiger partial charge < -0.3 is 5.32 Å². The van der Waals surface area contributed by atoms with Crippen LogP contribution in [0.3, 0.4) is 0 Å². The molecule has 0 radical (unpaired) electrons. The predicted octanol–water partition coefficient (Wildman–Crippen LogP) is 3.41. The molecular formula is C16H22FNO. The zero-order chi connectivity index (χ0) is 14.0. The molecule has 1 saturated heterocycles. The Morgan fingerprint density at radius 2 is 2.16 bits per heavy atom. The lowest BCUT2D eigenvalue weighted by Gasteiger charge is -2.27. The van der Waals surface area contributed by atoms with Gasteiger partial charge in [-0.2, -0.15) is 0 Å². The Morgan fingerprint density at radius 1 is 1.42 bits per heavy atom. The Balaban J connectivity index is 2.43. The van der Waals surface area contributed by atoms with Crippen LogP contribution in [0, 0.1) is 25.1 Å². The van der Waals surface area contributed by atoms with Crippen LogP contribution in [0.5, 0.6) is 0 Å². The standard InChI is InChI=1S/C16H22FNO/c1-4-5-16(6-7-18-10-16)15(19)14-12(3)8-11(2)9-13(14)17/h8-9,18H,4-7,10H2,1-3H3. The third-order valence-corrected chi connectivity index (χ3v) is 4.11. The quantitative estimate of drug-likeness (QED) is 0.843. The van der Waals surface area contributed by atoms with Crippen LogP contribution in [0.1, 0.15) is 47.7 Å². The van der Waals surface area contributed by atoms with E-state index >= 15 is 0 Å². The van der Waals surface area contributed by atoms with E-state index in [2.05, 4.69) is 12.2 Å². The van der Waals surface area contributed by atoms with Crippen molar-refractivity contribution in [1.29, 1.82) is 0 Å². The Kier molecular flexibility index (Phi) is 4.04. The van der Waals surface area contributed by atoms with Gasteiger partial charge in [0.1, 0.15) is 5.82 Å². The van der Waals surface area contributed by atoms with Gasteiger partial charge in [0.05, 0.1) is 5.56 Å². The van der Waals surface area contributed by atoms with Crippen molar-refractivity contribution in [2.24, 2.45) is 5.41 Å². The Hall–Kier alpha value is -1.22. The SMILES string of the molecule is CCCC1(C(=O)c2c(C)cc(C)cc2F)CCNC1. The van der Waals surface area contributed by atoms with Crippen LogP contribution < -0.4 is 5.32 Å². The molecule has 0 saturated carbocycles. The number of nitrogens with one attached hydrogen (secondary N) is 1. The number of aryl methyl sites for hydroxylation is 2. The Bertz CT molecular complexity index is 467. The molecule has 1 fully saturated rings. The summed E-state index contributed by atoms with van der Waals surface area (Å²) in [5, 5.41) is 3.26. The highest BCUT2D eigenvalue weighted by atomic mass is 19.1. The van der Waals surface area contributed by atoms with E-state index in [4.69, 9.17) is 0 Å². The number of ketones is 1. The molecule has 19 heavy (non-hydrogen) atoms. The van der Waals surface area contributed by atoms with Crippen molar-refractivity contribution in [1.82, 2.24) is 5.32 Å². The monoisotopic (exact) mass is 263 g/mol. The van der Waals surface area contributed by atoms with Crippen molar-refractivity contribution in [2.75, 3.05) is 13.1 Å². The smallest absolute Gasteiger partial charge is 0.173 e. The number of carbonyl (C=O) groups is 1. The van der Waals surface area contributed by atoms with Crippen LogP contribution in [0.25, 0.3) is 0 Å². The zero-order valence-corrected chi connectivity index (χ0v) is 12.0.